The van der Waals surface area contributed by atoms with Gasteiger partial charge in [0.05, 0.1) is 36.3 Å². The molecule has 3 heterocycles. The molecule has 6 aliphatic carbocycles. The molecule has 0 aromatic heterocycles. The van der Waals surface area contributed by atoms with Gasteiger partial charge in [0.15, 0.2) is 5.78 Å². The largest absolute Gasteiger partial charge is 0.507 e. The number of aliphatic hydroxyl groups is 4. The van der Waals surface area contributed by atoms with Crippen LogP contribution in [0.15, 0.2) is 34.9 Å². The van der Waals surface area contributed by atoms with E-state index in [1.54, 1.807) is 0 Å². The van der Waals surface area contributed by atoms with Crippen LogP contribution in [0.25, 0.3) is 10.8 Å². The first-order valence-corrected chi connectivity index (χ1v) is 24.0. The third-order valence-electron chi connectivity index (χ3n) is 19.3. The molecule has 11 rings (SSSR count). The summed E-state index contributed by atoms with van der Waals surface area (Å²) < 4.78 is 26.2. The van der Waals surface area contributed by atoms with Gasteiger partial charge in [0, 0.05) is 29.6 Å². The van der Waals surface area contributed by atoms with Crippen molar-refractivity contribution in [1.82, 2.24) is 0 Å². The van der Waals surface area contributed by atoms with Crippen LogP contribution in [0.2, 0.25) is 0 Å². The summed E-state index contributed by atoms with van der Waals surface area (Å²) in [5.41, 5.74) is 2.18. The van der Waals surface area contributed by atoms with Crippen molar-refractivity contribution < 1.29 is 64.3 Å². The SMILES string of the molecule is CC(=O)c1c(C)c(O)c2cc(C(=O)O)cc(O[C@@H]3O[C@H](CO)[C@]4(C[C@@H]5C6=C(CC=C6[C@]6(CCO)COC[C@@H]7C[C@@]8(CC[C@@]9(CCCC9%10CCCC%10)C8)C[C@H]5[C@@H]76)CO4)[C@H](O)[C@H]3O)c2c1O. The van der Waals surface area contributed by atoms with Crippen LogP contribution in [0.5, 0.6) is 17.2 Å². The Bertz CT molecular complexity index is 2350. The van der Waals surface area contributed by atoms with Gasteiger partial charge < -0.3 is 54.7 Å². The molecule has 0 unspecified atom stereocenters. The number of carbonyl (C=O) groups excluding carboxylic acids is 1. The Labute approximate surface area is 373 Å². The van der Waals surface area contributed by atoms with Gasteiger partial charge >= 0.3 is 5.97 Å². The average molecular weight is 885 g/mol. The van der Waals surface area contributed by atoms with E-state index in [4.69, 9.17) is 18.9 Å². The second-order valence-corrected chi connectivity index (χ2v) is 21.9. The minimum atomic E-state index is -1.78. The standard InChI is InChI=1S/C51H64O13/c1-26-37(27(2)54)42(56)39-31(41(26)55)16-29(45(59)60)17-35(39)63-46-43(57)44(58)51(36(21-53)64-46)20-32-33-19-47(12-13-49(24-47)11-5-10-48(49)8-3-4-9-48)18-30-22-61-25-50(14-15-52,40(30)33)34-7-6-28(23-62-51)38(32)34/h7,16-17,30,32-33,36,40,43-44,46,52-53,55-58H,3-6,8-15,18-25H2,1-2H3,(H,59,60)/t30-,32-,33+,36+,40+,43+,44+,46+,47-,49-,50-,51+/m0/s1. The number of hydrogen-bond acceptors (Lipinski definition) is 12. The number of ether oxygens (including phenoxy) is 4. The minimum Gasteiger partial charge on any atom is -0.507 e. The zero-order chi connectivity index (χ0) is 44.7. The molecule has 64 heavy (non-hydrogen) atoms. The van der Waals surface area contributed by atoms with Gasteiger partial charge in [-0.3, -0.25) is 4.79 Å². The maximum Gasteiger partial charge on any atom is 0.335 e. The lowest BCUT2D eigenvalue weighted by Crippen LogP contribution is -2.70. The normalized spacial score (nSPS) is 40.6. The number of allylic oxidation sites excluding steroid dienone is 2. The van der Waals surface area contributed by atoms with Crippen molar-refractivity contribution in [3.05, 3.63) is 51.6 Å². The summed E-state index contributed by atoms with van der Waals surface area (Å²) >= 11 is 0. The third-order valence-corrected chi connectivity index (χ3v) is 19.3. The van der Waals surface area contributed by atoms with Crippen molar-refractivity contribution in [2.24, 2.45) is 45.3 Å². The number of aliphatic hydroxyl groups excluding tert-OH is 4. The molecular weight excluding hydrogens is 821 g/mol. The van der Waals surface area contributed by atoms with Gasteiger partial charge in [-0.15, -0.1) is 0 Å². The van der Waals surface area contributed by atoms with E-state index < -0.39 is 60.1 Å². The first-order chi connectivity index (χ1) is 30.7. The van der Waals surface area contributed by atoms with Crippen molar-refractivity contribution >= 4 is 22.5 Å². The summed E-state index contributed by atoms with van der Waals surface area (Å²) in [5.74, 6) is -2.60. The highest BCUT2D eigenvalue weighted by Gasteiger charge is 2.69. The number of benzene rings is 2. The van der Waals surface area contributed by atoms with Crippen LogP contribution in [-0.4, -0.2) is 111 Å². The lowest BCUT2D eigenvalue weighted by atomic mass is 9.42. The molecule has 0 bridgehead atoms. The maximum atomic E-state index is 12.7. The highest BCUT2D eigenvalue weighted by atomic mass is 16.7. The third kappa shape index (κ3) is 5.79. The highest BCUT2D eigenvalue weighted by molar-refractivity contribution is 6.11. The summed E-state index contributed by atoms with van der Waals surface area (Å²) in [7, 11) is 0. The Hall–Kier alpha value is -3.56. The number of carboxylic acid groups (broad SMARTS) is 1. The first-order valence-electron chi connectivity index (χ1n) is 24.0. The molecule has 9 aliphatic rings. The zero-order valence-electron chi connectivity index (χ0n) is 37.1. The quantitative estimate of drug-likeness (QED) is 0.115. The lowest BCUT2D eigenvalue weighted by molar-refractivity contribution is -0.326. The van der Waals surface area contributed by atoms with E-state index in [1.165, 1.54) is 89.2 Å². The van der Waals surface area contributed by atoms with Gasteiger partial charge in [0.1, 0.15) is 41.2 Å². The van der Waals surface area contributed by atoms with Crippen molar-refractivity contribution in [1.29, 1.82) is 0 Å². The number of phenols is 2. The second-order valence-electron chi connectivity index (χ2n) is 21.9. The Balaban J connectivity index is 0.969. The van der Waals surface area contributed by atoms with Crippen molar-refractivity contribution in [3.63, 3.8) is 0 Å². The Kier molecular flexibility index (Phi) is 10.1. The van der Waals surface area contributed by atoms with Gasteiger partial charge in [-0.2, -0.15) is 0 Å². The predicted molar refractivity (Wildman–Crippen MR) is 232 cm³/mol. The van der Waals surface area contributed by atoms with E-state index in [0.717, 1.165) is 30.5 Å². The molecule has 7 N–H and O–H groups in total. The second kappa shape index (κ2) is 15.0. The molecule has 5 saturated carbocycles. The molecule has 13 heteroatoms. The van der Waals surface area contributed by atoms with E-state index in [2.05, 4.69) is 6.08 Å². The lowest BCUT2D eigenvalue weighted by Gasteiger charge is -2.64. The number of rotatable bonds is 7. The molecule has 0 radical (unpaired) electrons. The minimum absolute atomic E-state index is 0.0472. The Morgan fingerprint density at radius 3 is 2.44 bits per heavy atom. The number of aromatic carboxylic acids is 1. The molecule has 3 aliphatic heterocycles. The van der Waals surface area contributed by atoms with Gasteiger partial charge in [-0.25, -0.2) is 4.79 Å². The summed E-state index contributed by atoms with van der Waals surface area (Å²) in [6.45, 7) is 3.48. The highest BCUT2D eigenvalue weighted by Crippen LogP contribution is 2.76. The average Bonchev–Trinajstić information content (AvgIpc) is 4.06. The number of carbonyl (C=O) groups is 2. The first kappa shape index (κ1) is 43.0. The number of hydrogen-bond donors (Lipinski definition) is 7. The number of Topliss-reactive ketones (excluding diaryl/α,β-unsaturated/α-hetero) is 1. The molecule has 13 nitrogen and oxygen atoms in total. The van der Waals surface area contributed by atoms with Crippen LogP contribution in [0.3, 0.4) is 0 Å². The molecule has 346 valence electrons. The Morgan fingerprint density at radius 2 is 1.70 bits per heavy atom. The number of carboxylic acids is 1. The fourth-order valence-corrected chi connectivity index (χ4v) is 17.0. The molecule has 12 atom stereocenters. The van der Waals surface area contributed by atoms with Gasteiger partial charge in [0.2, 0.25) is 6.29 Å². The summed E-state index contributed by atoms with van der Waals surface area (Å²) in [5, 5.41) is 79.2. The molecule has 2 saturated heterocycles. The predicted octanol–water partition coefficient (Wildman–Crippen LogP) is 6.64. The molecule has 0 amide bonds. The van der Waals surface area contributed by atoms with Gasteiger partial charge in [-0.1, -0.05) is 25.3 Å². The molecule has 2 aromatic carbocycles. The Morgan fingerprint density at radius 1 is 0.938 bits per heavy atom. The van der Waals surface area contributed by atoms with E-state index in [1.807, 2.05) is 0 Å². The fraction of sp³-hybridized carbons (Fsp3) is 0.686. The van der Waals surface area contributed by atoms with Crippen LogP contribution >= 0.6 is 0 Å². The zero-order valence-corrected chi connectivity index (χ0v) is 37.1. The molecule has 7 fully saturated rings. The summed E-state index contributed by atoms with van der Waals surface area (Å²) in [4.78, 5) is 25.0. The summed E-state index contributed by atoms with van der Waals surface area (Å²) in [6.07, 6.45) is 12.8. The molecular formula is C51H64O13. The van der Waals surface area contributed by atoms with Gasteiger partial charge in [-0.05, 0) is 160 Å². The number of fused-ring (bicyclic) bond motifs is 4. The van der Waals surface area contributed by atoms with E-state index in [-0.39, 0.29) is 81.4 Å². The number of ketones is 1. The smallest absolute Gasteiger partial charge is 0.335 e. The topological polar surface area (TPSA) is 213 Å². The van der Waals surface area contributed by atoms with Crippen molar-refractivity contribution in [2.75, 3.05) is 33.0 Å². The molecule has 4 spiro atoms. The van der Waals surface area contributed by atoms with E-state index in [9.17, 15) is 45.3 Å². The maximum absolute atomic E-state index is 12.7. The van der Waals surface area contributed by atoms with Gasteiger partial charge in [0.25, 0.3) is 0 Å². The van der Waals surface area contributed by atoms with E-state index in [0.29, 0.717) is 42.8 Å². The monoisotopic (exact) mass is 884 g/mol. The fourth-order valence-electron chi connectivity index (χ4n) is 17.0. The van der Waals surface area contributed by atoms with Crippen LogP contribution < -0.4 is 4.74 Å². The van der Waals surface area contributed by atoms with Crippen LogP contribution in [0.1, 0.15) is 130 Å². The van der Waals surface area contributed by atoms with Crippen LogP contribution in [0.4, 0.5) is 0 Å². The van der Waals surface area contributed by atoms with Crippen molar-refractivity contribution in [3.8, 4) is 17.2 Å². The van der Waals surface area contributed by atoms with Crippen LogP contribution in [0, 0.1) is 52.3 Å². The number of aromatic hydroxyl groups is 2. The molecule has 2 aromatic rings. The van der Waals surface area contributed by atoms with Crippen LogP contribution in [-0.2, 0) is 14.2 Å². The number of phenolic OH excluding ortho intramolecular Hbond substituents is 2. The van der Waals surface area contributed by atoms with Crippen molar-refractivity contribution in [2.45, 2.75) is 140 Å². The summed E-state index contributed by atoms with van der Waals surface area (Å²) in [6, 6.07) is 2.26. The van der Waals surface area contributed by atoms with E-state index >= 15 is 0 Å².